The summed E-state index contributed by atoms with van der Waals surface area (Å²) >= 11 is 0. The minimum Gasteiger partial charge on any atom is -0.481 e. The number of carboxylic acids is 1. The van der Waals surface area contributed by atoms with Crippen molar-refractivity contribution in [3.05, 3.63) is 35.9 Å². The van der Waals surface area contributed by atoms with Gasteiger partial charge in [0.25, 0.3) is 0 Å². The molecule has 6 atom stereocenters. The van der Waals surface area contributed by atoms with Gasteiger partial charge in [0.15, 0.2) is 0 Å². The third kappa shape index (κ3) is 11.7. The molecule has 3 aliphatic rings. The van der Waals surface area contributed by atoms with Crippen molar-refractivity contribution in [2.75, 3.05) is 19.6 Å². The van der Waals surface area contributed by atoms with Crippen LogP contribution in [0.3, 0.4) is 0 Å². The first-order chi connectivity index (χ1) is 25.9. The highest BCUT2D eigenvalue weighted by Crippen LogP contribution is 2.28. The van der Waals surface area contributed by atoms with Gasteiger partial charge in [0, 0.05) is 26.1 Å². The number of piperidine rings is 1. The zero-order valence-electron chi connectivity index (χ0n) is 31.6. The number of carboxylic acid groups (broad SMARTS) is 1. The minimum atomic E-state index is -1.55. The third-order valence-corrected chi connectivity index (χ3v) is 10.7. The maximum absolute atomic E-state index is 14.3. The Morgan fingerprint density at radius 1 is 0.778 bits per heavy atom. The number of benzene rings is 1. The molecule has 0 aromatic heterocycles. The van der Waals surface area contributed by atoms with Crippen LogP contribution >= 0.6 is 0 Å². The van der Waals surface area contributed by atoms with Crippen molar-refractivity contribution in [1.82, 2.24) is 31.1 Å². The van der Waals surface area contributed by atoms with E-state index < -0.39 is 78.2 Å². The van der Waals surface area contributed by atoms with Gasteiger partial charge < -0.3 is 41.3 Å². The summed E-state index contributed by atoms with van der Waals surface area (Å²) in [5, 5.41) is 30.7. The predicted molar refractivity (Wildman–Crippen MR) is 198 cm³/mol. The van der Waals surface area contributed by atoms with E-state index in [4.69, 9.17) is 0 Å². The second-order valence-corrected chi connectivity index (χ2v) is 14.9. The summed E-state index contributed by atoms with van der Waals surface area (Å²) in [4.78, 5) is 96.0. The van der Waals surface area contributed by atoms with Gasteiger partial charge in [-0.25, -0.2) is 0 Å². The fourth-order valence-electron chi connectivity index (χ4n) is 7.77. The number of nitrogens with zero attached hydrogens (tertiary/aromatic N) is 2. The van der Waals surface area contributed by atoms with Crippen molar-refractivity contribution < 1.29 is 43.8 Å². The van der Waals surface area contributed by atoms with Crippen molar-refractivity contribution in [2.24, 2.45) is 5.92 Å². The smallest absolute Gasteiger partial charge is 0.305 e. The molecule has 1 aromatic rings. The first-order valence-corrected chi connectivity index (χ1v) is 19.6. The Balaban J connectivity index is 1.48. The average Bonchev–Trinajstić information content (AvgIpc) is 3.67. The number of aliphatic hydroxyl groups is 1. The topological polar surface area (TPSA) is 215 Å². The lowest BCUT2D eigenvalue weighted by molar-refractivity contribution is -0.149. The summed E-state index contributed by atoms with van der Waals surface area (Å²) in [6.45, 7) is 3.89. The molecule has 0 spiro atoms. The molecular weight excluding hydrogens is 696 g/mol. The first-order valence-electron chi connectivity index (χ1n) is 19.6. The molecule has 2 aliphatic heterocycles. The lowest BCUT2D eigenvalue weighted by Gasteiger charge is -2.38. The van der Waals surface area contributed by atoms with Gasteiger partial charge in [-0.05, 0) is 63.4 Å². The van der Waals surface area contributed by atoms with E-state index in [0.29, 0.717) is 43.7 Å². The molecule has 4 rings (SSSR count). The number of nitrogens with one attached hydrogen (secondary N) is 4. The molecule has 3 fully saturated rings. The number of aliphatic hydroxyl groups excluding tert-OH is 1. The third-order valence-electron chi connectivity index (χ3n) is 10.7. The van der Waals surface area contributed by atoms with E-state index in [2.05, 4.69) is 21.3 Å². The van der Waals surface area contributed by atoms with E-state index in [-0.39, 0.29) is 38.3 Å². The highest BCUT2D eigenvalue weighted by atomic mass is 16.4. The SMILES string of the molecule is CCCNC(=O)[C@@H](NC(=O)[C@@H]1CCCN1C(=O)[C@H](CC(=O)O)NC(=O)[C@@H]1CCCCN1C(=O)[C@@H](NC(=O)CCC1CCCCC1)c1ccccc1)[C@@H](C)O. The van der Waals surface area contributed by atoms with Gasteiger partial charge in [-0.1, -0.05) is 69.4 Å². The van der Waals surface area contributed by atoms with E-state index in [1.807, 2.05) is 6.92 Å². The summed E-state index contributed by atoms with van der Waals surface area (Å²) in [6.07, 6.45) is 7.51. The van der Waals surface area contributed by atoms with Gasteiger partial charge in [0.1, 0.15) is 30.2 Å². The van der Waals surface area contributed by atoms with Crippen LogP contribution in [0.15, 0.2) is 30.3 Å². The Hall–Kier alpha value is -4.53. The van der Waals surface area contributed by atoms with Crippen LogP contribution in [0.5, 0.6) is 0 Å². The second kappa shape index (κ2) is 20.8. The van der Waals surface area contributed by atoms with Crippen molar-refractivity contribution in [3.63, 3.8) is 0 Å². The molecule has 2 saturated heterocycles. The van der Waals surface area contributed by atoms with Crippen LogP contribution in [-0.4, -0.2) is 111 Å². The Morgan fingerprint density at radius 3 is 2.04 bits per heavy atom. The number of hydrogen-bond acceptors (Lipinski definition) is 8. The number of aliphatic carboxylic acids is 1. The zero-order chi connectivity index (χ0) is 39.2. The van der Waals surface area contributed by atoms with Gasteiger partial charge in [0.2, 0.25) is 35.4 Å². The molecule has 0 radical (unpaired) electrons. The summed E-state index contributed by atoms with van der Waals surface area (Å²) < 4.78 is 0. The second-order valence-electron chi connectivity index (χ2n) is 14.9. The predicted octanol–water partition coefficient (Wildman–Crippen LogP) is 1.93. The molecule has 1 aromatic carbocycles. The summed E-state index contributed by atoms with van der Waals surface area (Å²) in [7, 11) is 0. The van der Waals surface area contributed by atoms with Crippen LogP contribution in [-0.2, 0) is 33.6 Å². The maximum Gasteiger partial charge on any atom is 0.305 e. The molecule has 15 nitrogen and oxygen atoms in total. The van der Waals surface area contributed by atoms with Crippen LogP contribution in [0.25, 0.3) is 0 Å². The molecule has 0 bridgehead atoms. The maximum atomic E-state index is 14.3. The highest BCUT2D eigenvalue weighted by Gasteiger charge is 2.42. The summed E-state index contributed by atoms with van der Waals surface area (Å²) in [6, 6.07) is 2.86. The fraction of sp³-hybridized carbons (Fsp3) is 0.667. The Morgan fingerprint density at radius 2 is 1.39 bits per heavy atom. The van der Waals surface area contributed by atoms with Crippen LogP contribution in [0.4, 0.5) is 0 Å². The molecule has 54 heavy (non-hydrogen) atoms. The zero-order valence-corrected chi connectivity index (χ0v) is 31.6. The van der Waals surface area contributed by atoms with Crippen LogP contribution < -0.4 is 21.3 Å². The lowest BCUT2D eigenvalue weighted by atomic mass is 9.86. The van der Waals surface area contributed by atoms with Crippen LogP contribution in [0.2, 0.25) is 0 Å². The van der Waals surface area contributed by atoms with Crippen molar-refractivity contribution >= 4 is 41.4 Å². The van der Waals surface area contributed by atoms with Crippen molar-refractivity contribution in [1.29, 1.82) is 0 Å². The standard InChI is InChI=1S/C39H58N6O9/c1-3-21-40-37(52)33(25(2)46)43-36(51)30-18-12-23-44(30)38(53)28(24-32(48)49)41-35(50)29-17-10-11-22-45(29)39(54)34(27-15-8-5-9-16-27)42-31(47)20-19-26-13-6-4-7-14-26/h5,8-9,15-16,25-26,28-30,33-34,46H,3-4,6-7,10-14,17-24H2,1-2H3,(H,40,52)(H,41,50)(H,42,47)(H,43,51)(H,48,49)/t25-,28+,29+,30+,33+,34+/m1/s1. The number of carbonyl (C=O) groups excluding carboxylic acids is 6. The molecule has 15 heteroatoms. The number of rotatable bonds is 17. The number of carbonyl (C=O) groups is 7. The Labute approximate surface area is 317 Å². The van der Waals surface area contributed by atoms with Gasteiger partial charge in [-0.15, -0.1) is 0 Å². The van der Waals surface area contributed by atoms with E-state index in [0.717, 1.165) is 32.1 Å². The average molecular weight is 755 g/mol. The largest absolute Gasteiger partial charge is 0.481 e. The molecule has 1 saturated carbocycles. The first kappa shape index (κ1) is 42.2. The van der Waals surface area contributed by atoms with Gasteiger partial charge >= 0.3 is 5.97 Å². The van der Waals surface area contributed by atoms with E-state index in [1.165, 1.54) is 23.1 Å². The molecule has 6 amide bonds. The van der Waals surface area contributed by atoms with Gasteiger partial charge in [-0.2, -0.15) is 0 Å². The molecule has 6 N–H and O–H groups in total. The molecule has 2 heterocycles. The van der Waals surface area contributed by atoms with Crippen LogP contribution in [0.1, 0.15) is 115 Å². The minimum absolute atomic E-state index is 0.109. The molecular formula is C39H58N6O9. The van der Waals surface area contributed by atoms with E-state index in [9.17, 15) is 43.8 Å². The summed E-state index contributed by atoms with van der Waals surface area (Å²) in [5.74, 6) is -4.35. The van der Waals surface area contributed by atoms with Crippen LogP contribution in [0, 0.1) is 5.92 Å². The van der Waals surface area contributed by atoms with Gasteiger partial charge in [0.05, 0.1) is 12.5 Å². The highest BCUT2D eigenvalue weighted by molar-refractivity contribution is 5.98. The quantitative estimate of drug-likeness (QED) is 0.137. The van der Waals surface area contributed by atoms with Crippen molar-refractivity contribution in [2.45, 2.75) is 140 Å². The Bertz CT molecular complexity index is 1470. The number of likely N-dealkylation sites (tertiary alicyclic amines) is 2. The van der Waals surface area contributed by atoms with E-state index >= 15 is 0 Å². The van der Waals surface area contributed by atoms with E-state index in [1.54, 1.807) is 30.3 Å². The van der Waals surface area contributed by atoms with Gasteiger partial charge in [-0.3, -0.25) is 33.6 Å². The number of hydrogen-bond donors (Lipinski definition) is 6. The molecule has 298 valence electrons. The molecule has 1 aliphatic carbocycles. The van der Waals surface area contributed by atoms with Crippen molar-refractivity contribution in [3.8, 4) is 0 Å². The molecule has 0 unspecified atom stereocenters. The lowest BCUT2D eigenvalue weighted by Crippen LogP contribution is -2.60. The normalized spacial score (nSPS) is 21.2. The summed E-state index contributed by atoms with van der Waals surface area (Å²) in [5.41, 5.74) is 0.566. The Kier molecular flexibility index (Phi) is 16.3. The monoisotopic (exact) mass is 754 g/mol. The number of amides is 6. The fourth-order valence-corrected chi connectivity index (χ4v) is 7.77.